The maximum atomic E-state index is 16.3. The molecule has 266 valence electrons. The molecule has 8 atom stereocenters. The number of carbonyl (C=O) groups excluding carboxylic acids is 3. The summed E-state index contributed by atoms with van der Waals surface area (Å²) in [5.74, 6) is -3.25. The van der Waals surface area contributed by atoms with Crippen molar-refractivity contribution in [3.8, 4) is 11.6 Å². The quantitative estimate of drug-likeness (QED) is 0.384. The van der Waals surface area contributed by atoms with Gasteiger partial charge in [0, 0.05) is 18.4 Å². The number of rotatable bonds is 4. The van der Waals surface area contributed by atoms with Gasteiger partial charge in [0.2, 0.25) is 11.8 Å². The lowest BCUT2D eigenvalue weighted by Gasteiger charge is -2.38. The fourth-order valence-electron chi connectivity index (χ4n) is 9.50. The van der Waals surface area contributed by atoms with Crippen molar-refractivity contribution in [3.05, 3.63) is 23.9 Å². The number of ether oxygens (including phenoxy) is 3. The highest BCUT2D eigenvalue weighted by atomic mass is 19.3. The molecule has 3 saturated carbocycles. The third-order valence-corrected chi connectivity index (χ3v) is 12.2. The van der Waals surface area contributed by atoms with Crippen LogP contribution in [0.4, 0.5) is 13.6 Å². The highest BCUT2D eigenvalue weighted by Crippen LogP contribution is 2.58. The third-order valence-electron chi connectivity index (χ3n) is 12.2. The second-order valence-corrected chi connectivity index (χ2v) is 15.4. The van der Waals surface area contributed by atoms with Crippen LogP contribution in [0.3, 0.4) is 0 Å². The van der Waals surface area contributed by atoms with Crippen LogP contribution in [-0.4, -0.2) is 70.6 Å². The first-order chi connectivity index (χ1) is 23.4. The smallest absolute Gasteiger partial charge is 0.408 e. The Bertz CT molecular complexity index is 1610. The van der Waals surface area contributed by atoms with Gasteiger partial charge in [-0.1, -0.05) is 33.1 Å². The minimum atomic E-state index is -3.35. The van der Waals surface area contributed by atoms with E-state index < -0.39 is 53.7 Å². The van der Waals surface area contributed by atoms with E-state index >= 15 is 8.78 Å². The fourth-order valence-corrected chi connectivity index (χ4v) is 9.50. The number of benzene rings is 1. The van der Waals surface area contributed by atoms with Gasteiger partial charge in [0.15, 0.2) is 11.5 Å². The summed E-state index contributed by atoms with van der Waals surface area (Å²) in [5.41, 5.74) is -0.454. The number of carbonyl (C=O) groups is 3. The predicted molar refractivity (Wildman–Crippen MR) is 176 cm³/mol. The molecule has 2 amide bonds. The van der Waals surface area contributed by atoms with Crippen molar-refractivity contribution in [2.75, 3.05) is 13.7 Å². The van der Waals surface area contributed by atoms with Gasteiger partial charge in [0.1, 0.15) is 24.0 Å². The molecule has 12 heteroatoms. The molecular formula is C37H48F2N4O6. The van der Waals surface area contributed by atoms with E-state index in [1.807, 2.05) is 13.8 Å². The molecule has 3 heterocycles. The Morgan fingerprint density at radius 3 is 2.49 bits per heavy atom. The van der Waals surface area contributed by atoms with Crippen LogP contribution < -0.4 is 14.8 Å². The van der Waals surface area contributed by atoms with Crippen molar-refractivity contribution in [2.24, 2.45) is 29.1 Å². The summed E-state index contributed by atoms with van der Waals surface area (Å²) >= 11 is 0. The van der Waals surface area contributed by atoms with Gasteiger partial charge >= 0.3 is 6.09 Å². The Morgan fingerprint density at radius 1 is 1.02 bits per heavy atom. The van der Waals surface area contributed by atoms with E-state index in [9.17, 15) is 14.4 Å². The monoisotopic (exact) mass is 682 g/mol. The summed E-state index contributed by atoms with van der Waals surface area (Å²) < 4.78 is 50.3. The maximum Gasteiger partial charge on any atom is 0.408 e. The van der Waals surface area contributed by atoms with Gasteiger partial charge in [-0.25, -0.2) is 14.8 Å². The maximum absolute atomic E-state index is 16.3. The molecule has 3 aliphatic carbocycles. The van der Waals surface area contributed by atoms with Crippen molar-refractivity contribution in [3.63, 3.8) is 0 Å². The van der Waals surface area contributed by atoms with E-state index in [0.29, 0.717) is 42.4 Å². The second-order valence-electron chi connectivity index (χ2n) is 15.4. The lowest BCUT2D eigenvalue weighted by Crippen LogP contribution is -2.58. The molecule has 2 bridgehead atoms. The Labute approximate surface area is 286 Å². The predicted octanol–water partition coefficient (Wildman–Crippen LogP) is 6.58. The Kier molecular flexibility index (Phi) is 8.96. The average molecular weight is 683 g/mol. The summed E-state index contributed by atoms with van der Waals surface area (Å²) in [6, 6.07) is 3.10. The third kappa shape index (κ3) is 6.33. The number of fused-ring (bicyclic) bond motifs is 7. The number of nitrogens with zero attached hydrogens (tertiary/aromatic N) is 3. The van der Waals surface area contributed by atoms with Crippen LogP contribution in [0, 0.1) is 29.1 Å². The van der Waals surface area contributed by atoms with E-state index in [1.165, 1.54) is 18.9 Å². The lowest BCUT2D eigenvalue weighted by molar-refractivity contribution is -0.142. The highest BCUT2D eigenvalue weighted by molar-refractivity contribution is 5.93. The minimum Gasteiger partial charge on any atom is -0.497 e. The van der Waals surface area contributed by atoms with E-state index in [2.05, 4.69) is 15.3 Å². The van der Waals surface area contributed by atoms with Crippen LogP contribution >= 0.6 is 0 Å². The summed E-state index contributed by atoms with van der Waals surface area (Å²) in [5, 5.41) is 2.99. The van der Waals surface area contributed by atoms with E-state index in [1.54, 1.807) is 18.2 Å². The number of methoxy groups -OCH3 is 1. The number of amides is 2. The first-order valence-corrected chi connectivity index (χ1v) is 18.1. The Morgan fingerprint density at radius 2 is 1.78 bits per heavy atom. The normalized spacial score (nSPS) is 34.0. The molecular weight excluding hydrogens is 634 g/mol. The molecule has 1 aromatic carbocycles. The molecule has 2 aliphatic heterocycles. The molecule has 0 spiro atoms. The standard InChI is InChI=1S/C37H48F2N4O6/c1-5-23-29-19-43(30(23)20(2)44)34(45)32(36(3)13-8-9-14-36)42-35(46)49-28-17-21-16-25(21)24(28)10-6-7-15-37(38,39)31-33(48-29)41-27-18-22(47-4)11-12-26(27)40-31/h11-12,18,21,23-25,28-30,32H,5-10,13-17,19H2,1-4H3,(H,42,46)/t21?,23-,24-,25?,28-,29+,30-,32-/m1/s1. The van der Waals surface area contributed by atoms with Crippen molar-refractivity contribution in [1.29, 1.82) is 0 Å². The number of halogens is 2. The van der Waals surface area contributed by atoms with E-state index in [0.717, 1.165) is 38.5 Å². The average Bonchev–Trinajstić information content (AvgIpc) is 3.35. The second kappa shape index (κ2) is 13.0. The zero-order chi connectivity index (χ0) is 34.7. The first kappa shape index (κ1) is 33.9. The molecule has 7 rings (SSSR count). The number of aromatic nitrogens is 2. The van der Waals surface area contributed by atoms with E-state index in [4.69, 9.17) is 14.2 Å². The van der Waals surface area contributed by atoms with Crippen molar-refractivity contribution in [1.82, 2.24) is 20.2 Å². The summed E-state index contributed by atoms with van der Waals surface area (Å²) in [7, 11) is 1.51. The van der Waals surface area contributed by atoms with Crippen LogP contribution in [0.1, 0.15) is 97.1 Å². The number of alkyl carbamates (subject to hydrolysis) is 1. The largest absolute Gasteiger partial charge is 0.497 e. The van der Waals surface area contributed by atoms with Crippen molar-refractivity contribution >= 4 is 28.8 Å². The van der Waals surface area contributed by atoms with E-state index in [-0.39, 0.29) is 48.1 Å². The number of alkyl halides is 2. The van der Waals surface area contributed by atoms with Crippen LogP contribution in [0.2, 0.25) is 0 Å². The number of nitrogens with one attached hydrogen (secondary N) is 1. The molecule has 5 aliphatic rings. The highest BCUT2D eigenvalue weighted by Gasteiger charge is 2.56. The van der Waals surface area contributed by atoms with Gasteiger partial charge < -0.3 is 24.4 Å². The van der Waals surface area contributed by atoms with Crippen LogP contribution in [-0.2, 0) is 20.2 Å². The molecule has 10 nitrogen and oxygen atoms in total. The topological polar surface area (TPSA) is 120 Å². The lowest BCUT2D eigenvalue weighted by atomic mass is 9.79. The van der Waals surface area contributed by atoms with Crippen LogP contribution in [0.15, 0.2) is 18.2 Å². The minimum absolute atomic E-state index is 0.0260. The first-order valence-electron chi connectivity index (χ1n) is 18.1. The summed E-state index contributed by atoms with van der Waals surface area (Å²) in [6.45, 7) is 5.31. The van der Waals surface area contributed by atoms with Crippen molar-refractivity contribution < 1.29 is 37.4 Å². The molecule has 4 fully saturated rings. The molecule has 49 heavy (non-hydrogen) atoms. The van der Waals surface area contributed by atoms with Crippen LogP contribution in [0.5, 0.6) is 11.6 Å². The number of ketones is 1. The zero-order valence-electron chi connectivity index (χ0n) is 28.9. The summed E-state index contributed by atoms with van der Waals surface area (Å²) in [6.07, 6.45) is 4.87. The fraction of sp³-hybridized carbons (Fsp3) is 0.703. The van der Waals surface area contributed by atoms with Gasteiger partial charge in [0.05, 0.1) is 30.7 Å². The molecule has 1 saturated heterocycles. The SMILES string of the molecule is CC[C@@H]1[C@@H]2CN(C(=O)[C@H](C3(C)CCCC3)NC(=O)O[C@@H]3CC4CC4[C@H]3CCCCC(F)(F)c3nc4ccc(OC)cc4nc3O2)[C@@H]1C(C)=O. The number of Topliss-reactive ketones (excluding diaryl/α,β-unsaturated/α-hetero) is 1. The number of hydrogen-bond donors (Lipinski definition) is 1. The molecule has 0 radical (unpaired) electrons. The molecule has 2 unspecified atom stereocenters. The van der Waals surface area contributed by atoms with Gasteiger partial charge in [0.25, 0.3) is 5.92 Å². The van der Waals surface area contributed by atoms with Gasteiger partial charge in [-0.05, 0) is 87.2 Å². The van der Waals surface area contributed by atoms with Gasteiger partial charge in [-0.2, -0.15) is 8.78 Å². The van der Waals surface area contributed by atoms with Gasteiger partial charge in [-0.3, -0.25) is 9.59 Å². The Balaban J connectivity index is 1.30. The molecule has 1 N–H and O–H groups in total. The van der Waals surface area contributed by atoms with Crippen LogP contribution in [0.25, 0.3) is 11.0 Å². The Hall–Kier alpha value is -3.57. The zero-order valence-corrected chi connectivity index (χ0v) is 28.9. The molecule has 2 aromatic rings. The number of hydrogen-bond acceptors (Lipinski definition) is 8. The summed E-state index contributed by atoms with van der Waals surface area (Å²) in [4.78, 5) is 52.1. The van der Waals surface area contributed by atoms with Crippen molar-refractivity contribution in [2.45, 2.75) is 122 Å². The van der Waals surface area contributed by atoms with Gasteiger partial charge in [-0.15, -0.1) is 0 Å². The molecule has 1 aromatic heterocycles.